The fourth-order valence-corrected chi connectivity index (χ4v) is 6.24. The fraction of sp³-hybridized carbons (Fsp3) is 0.344. The summed E-state index contributed by atoms with van der Waals surface area (Å²) >= 11 is 6.20. The van der Waals surface area contributed by atoms with Crippen LogP contribution in [0.4, 0.5) is 5.82 Å². The lowest BCUT2D eigenvalue weighted by molar-refractivity contribution is -0.0591. The number of pyridine rings is 1. The fourth-order valence-electron chi connectivity index (χ4n) is 6.05. The van der Waals surface area contributed by atoms with Crippen LogP contribution >= 0.6 is 11.6 Å². The quantitative estimate of drug-likeness (QED) is 0.318. The smallest absolute Gasteiger partial charge is 0.335 e. The second-order valence-electron chi connectivity index (χ2n) is 11.1. The van der Waals surface area contributed by atoms with Gasteiger partial charge in [0, 0.05) is 37.8 Å². The third-order valence-electron chi connectivity index (χ3n) is 8.48. The highest BCUT2D eigenvalue weighted by molar-refractivity contribution is 6.30. The van der Waals surface area contributed by atoms with E-state index in [1.165, 1.54) is 16.7 Å². The summed E-state index contributed by atoms with van der Waals surface area (Å²) in [4.78, 5) is 26.3. The van der Waals surface area contributed by atoms with Crippen molar-refractivity contribution >= 4 is 40.0 Å². The Kier molecular flexibility index (Phi) is 6.98. The minimum Gasteiger partial charge on any atom is -0.478 e. The predicted molar refractivity (Wildman–Crippen MR) is 159 cm³/mol. The largest absolute Gasteiger partial charge is 0.478 e. The average Bonchev–Trinajstić information content (AvgIpc) is 3.30. The van der Waals surface area contributed by atoms with Crippen molar-refractivity contribution in [2.45, 2.75) is 45.0 Å². The van der Waals surface area contributed by atoms with E-state index in [-0.39, 0.29) is 11.7 Å². The molecule has 0 saturated carbocycles. The number of anilines is 1. The standard InChI is InChI=1S/C32H32ClN5O3/c33-25-6-4-24-18-37(14-10-22(24)16-25)30-3-1-2-27(34-30)21-8-12-36(13-9-21)20-31-35-28-7-5-23(32(39)40)17-29(28)38(31)19-26-11-15-41-26/h1-8,16-17,26H,9-15,18-20H2,(H,39,40)/t26-/m0/s1. The molecule has 1 N–H and O–H groups in total. The highest BCUT2D eigenvalue weighted by atomic mass is 35.5. The van der Waals surface area contributed by atoms with E-state index in [9.17, 15) is 9.90 Å². The third kappa shape index (κ3) is 5.35. The molecule has 5 heterocycles. The Labute approximate surface area is 243 Å². The first-order chi connectivity index (χ1) is 20.0. The predicted octanol–water partition coefficient (Wildman–Crippen LogP) is 5.42. The Morgan fingerprint density at radius 3 is 2.73 bits per heavy atom. The van der Waals surface area contributed by atoms with Gasteiger partial charge in [-0.05, 0) is 78.4 Å². The number of benzene rings is 2. The molecule has 3 aliphatic rings. The number of imidazole rings is 1. The summed E-state index contributed by atoms with van der Waals surface area (Å²) in [7, 11) is 0. The molecule has 0 radical (unpaired) electrons. The molecule has 8 nitrogen and oxygen atoms in total. The second kappa shape index (κ2) is 10.9. The number of hydrogen-bond donors (Lipinski definition) is 1. The molecule has 41 heavy (non-hydrogen) atoms. The van der Waals surface area contributed by atoms with E-state index >= 15 is 0 Å². The summed E-state index contributed by atoms with van der Waals surface area (Å²) in [5.41, 5.74) is 6.91. The van der Waals surface area contributed by atoms with Gasteiger partial charge in [-0.15, -0.1) is 0 Å². The summed E-state index contributed by atoms with van der Waals surface area (Å²) in [6.45, 7) is 5.64. The zero-order valence-electron chi connectivity index (χ0n) is 22.8. The Morgan fingerprint density at radius 2 is 1.95 bits per heavy atom. The lowest BCUT2D eigenvalue weighted by atomic mass is 9.99. The molecule has 1 saturated heterocycles. The van der Waals surface area contributed by atoms with Crippen LogP contribution in [0, 0.1) is 0 Å². The maximum absolute atomic E-state index is 11.6. The summed E-state index contributed by atoms with van der Waals surface area (Å²) < 4.78 is 7.86. The number of fused-ring (bicyclic) bond motifs is 2. The SMILES string of the molecule is O=C(O)c1ccc2nc(CN3CC=C(c4cccc(N5CCc6cc(Cl)ccc6C5)n4)CC3)n(C[C@@H]3CCO3)c2c1. The van der Waals surface area contributed by atoms with E-state index in [1.54, 1.807) is 12.1 Å². The molecule has 2 aromatic carbocycles. The van der Waals surface area contributed by atoms with E-state index in [0.717, 1.165) is 85.4 Å². The van der Waals surface area contributed by atoms with Gasteiger partial charge in [-0.25, -0.2) is 14.8 Å². The topological polar surface area (TPSA) is 83.7 Å². The molecule has 210 valence electrons. The summed E-state index contributed by atoms with van der Waals surface area (Å²) in [6.07, 6.45) is 5.32. The zero-order chi connectivity index (χ0) is 27.9. The maximum atomic E-state index is 11.6. The van der Waals surface area contributed by atoms with Gasteiger partial charge in [-0.1, -0.05) is 29.8 Å². The van der Waals surface area contributed by atoms with Gasteiger partial charge in [0.25, 0.3) is 0 Å². The molecule has 2 aromatic heterocycles. The highest BCUT2D eigenvalue weighted by Gasteiger charge is 2.24. The van der Waals surface area contributed by atoms with Gasteiger partial charge < -0.3 is 19.3 Å². The maximum Gasteiger partial charge on any atom is 0.335 e. The van der Waals surface area contributed by atoms with Gasteiger partial charge in [0.1, 0.15) is 11.6 Å². The van der Waals surface area contributed by atoms with Crippen LogP contribution in [0.25, 0.3) is 16.6 Å². The number of carboxylic acid groups (broad SMARTS) is 1. The van der Waals surface area contributed by atoms with Crippen molar-refractivity contribution in [1.82, 2.24) is 19.4 Å². The zero-order valence-corrected chi connectivity index (χ0v) is 23.6. The molecule has 7 rings (SSSR count). The molecule has 3 aliphatic heterocycles. The molecular formula is C32H32ClN5O3. The van der Waals surface area contributed by atoms with E-state index < -0.39 is 5.97 Å². The Bertz CT molecular complexity index is 1660. The van der Waals surface area contributed by atoms with Gasteiger partial charge in [0.15, 0.2) is 0 Å². The van der Waals surface area contributed by atoms with Gasteiger partial charge in [-0.2, -0.15) is 0 Å². The number of carbonyl (C=O) groups is 1. The average molecular weight is 570 g/mol. The van der Waals surface area contributed by atoms with Gasteiger partial charge in [0.05, 0.1) is 41.5 Å². The molecule has 0 bridgehead atoms. The van der Waals surface area contributed by atoms with Crippen molar-refractivity contribution in [1.29, 1.82) is 0 Å². The highest BCUT2D eigenvalue weighted by Crippen LogP contribution is 2.29. The molecule has 0 aliphatic carbocycles. The lowest BCUT2D eigenvalue weighted by Gasteiger charge is -2.31. The number of aromatic carboxylic acids is 1. The first-order valence-corrected chi connectivity index (χ1v) is 14.6. The molecule has 0 spiro atoms. The molecule has 9 heteroatoms. The number of aromatic nitrogens is 3. The van der Waals surface area contributed by atoms with Crippen molar-refractivity contribution in [3.63, 3.8) is 0 Å². The van der Waals surface area contributed by atoms with Crippen molar-refractivity contribution in [2.75, 3.05) is 31.1 Å². The summed E-state index contributed by atoms with van der Waals surface area (Å²) in [5.74, 6) is 1.03. The molecular weight excluding hydrogens is 538 g/mol. The second-order valence-corrected chi connectivity index (χ2v) is 11.5. The Hall–Kier alpha value is -3.72. The van der Waals surface area contributed by atoms with Crippen molar-refractivity contribution in [3.8, 4) is 0 Å². The molecule has 1 fully saturated rings. The summed E-state index contributed by atoms with van der Waals surface area (Å²) in [5, 5.41) is 10.3. The normalized spacial score (nSPS) is 19.1. The first-order valence-electron chi connectivity index (χ1n) is 14.3. The van der Waals surface area contributed by atoms with Crippen molar-refractivity contribution < 1.29 is 14.6 Å². The number of rotatable bonds is 7. The number of carboxylic acids is 1. The van der Waals surface area contributed by atoms with Crippen LogP contribution in [0.1, 0.15) is 45.8 Å². The molecule has 0 unspecified atom stereocenters. The number of halogens is 1. The first kappa shape index (κ1) is 26.2. The van der Waals surface area contributed by atoms with Crippen LogP contribution in [-0.2, 0) is 30.8 Å². The number of ether oxygens (including phenoxy) is 1. The van der Waals surface area contributed by atoms with Crippen LogP contribution in [0.5, 0.6) is 0 Å². The van der Waals surface area contributed by atoms with E-state index in [0.29, 0.717) is 13.1 Å². The minimum absolute atomic E-state index is 0.150. The summed E-state index contributed by atoms with van der Waals surface area (Å²) in [6, 6.07) is 17.7. The van der Waals surface area contributed by atoms with Crippen molar-refractivity contribution in [2.24, 2.45) is 0 Å². The van der Waals surface area contributed by atoms with E-state index in [2.05, 4.69) is 50.8 Å². The molecule has 1 atom stereocenters. The van der Waals surface area contributed by atoms with Crippen LogP contribution in [0.2, 0.25) is 5.02 Å². The van der Waals surface area contributed by atoms with E-state index in [1.807, 2.05) is 12.1 Å². The van der Waals surface area contributed by atoms with Gasteiger partial charge in [0.2, 0.25) is 0 Å². The van der Waals surface area contributed by atoms with Crippen LogP contribution < -0.4 is 4.90 Å². The van der Waals surface area contributed by atoms with E-state index in [4.69, 9.17) is 26.3 Å². The monoisotopic (exact) mass is 569 g/mol. The van der Waals surface area contributed by atoms with Gasteiger partial charge in [-0.3, -0.25) is 4.90 Å². The lowest BCUT2D eigenvalue weighted by Crippen LogP contribution is -2.33. The number of nitrogens with zero attached hydrogens (tertiary/aromatic N) is 5. The number of hydrogen-bond acceptors (Lipinski definition) is 6. The Morgan fingerprint density at radius 1 is 1.05 bits per heavy atom. The van der Waals surface area contributed by atoms with Crippen LogP contribution in [-0.4, -0.2) is 62.9 Å². The van der Waals surface area contributed by atoms with Gasteiger partial charge >= 0.3 is 5.97 Å². The Balaban J connectivity index is 1.07. The molecule has 0 amide bonds. The third-order valence-corrected chi connectivity index (χ3v) is 8.72. The van der Waals surface area contributed by atoms with Crippen molar-refractivity contribution in [3.05, 3.63) is 93.9 Å². The molecule has 4 aromatic rings. The minimum atomic E-state index is -0.928. The van der Waals surface area contributed by atoms with Crippen LogP contribution in [0.15, 0.2) is 60.7 Å². The van der Waals surface area contributed by atoms with Crippen LogP contribution in [0.3, 0.4) is 0 Å².